The number of hydrogen-bond donors (Lipinski definition) is 0. The molecule has 0 bridgehead atoms. The Labute approximate surface area is 141 Å². The first-order valence-corrected chi connectivity index (χ1v) is 8.32. The van der Waals surface area contributed by atoms with E-state index in [2.05, 4.69) is 10.1 Å². The Bertz CT molecular complexity index is 648. The van der Waals surface area contributed by atoms with E-state index in [0.29, 0.717) is 33.1 Å². The molecule has 0 aromatic heterocycles. The maximum absolute atomic E-state index is 12.6. The molecule has 6 nitrogen and oxygen atoms in total. The van der Waals surface area contributed by atoms with Gasteiger partial charge in [0, 0.05) is 0 Å². The van der Waals surface area contributed by atoms with Crippen molar-refractivity contribution in [2.75, 3.05) is 13.1 Å². The van der Waals surface area contributed by atoms with Crippen LogP contribution in [0.15, 0.2) is 40.5 Å². The van der Waals surface area contributed by atoms with E-state index in [0.717, 1.165) is 24.1 Å². The summed E-state index contributed by atoms with van der Waals surface area (Å²) in [5.74, 6) is -0.0256. The second-order valence-corrected chi connectivity index (χ2v) is 6.07. The van der Waals surface area contributed by atoms with Crippen LogP contribution in [0.2, 0.25) is 0 Å². The first-order valence-electron chi connectivity index (χ1n) is 8.32. The third kappa shape index (κ3) is 3.96. The zero-order valence-electron chi connectivity index (χ0n) is 13.5. The van der Waals surface area contributed by atoms with E-state index in [1.807, 2.05) is 30.3 Å². The summed E-state index contributed by atoms with van der Waals surface area (Å²) in [6, 6.07) is 9.47. The predicted molar refractivity (Wildman–Crippen MR) is 91.6 cm³/mol. The molecule has 7 heteroatoms. The third-order valence-corrected chi connectivity index (χ3v) is 4.34. The number of likely N-dealkylation sites (tertiary alicyclic amines) is 1. The molecular formula is C17H20BN3O3. The summed E-state index contributed by atoms with van der Waals surface area (Å²) in [6.07, 6.45) is 4.30. The van der Waals surface area contributed by atoms with Crippen molar-refractivity contribution in [1.82, 2.24) is 4.90 Å². The molecule has 0 aliphatic carbocycles. The average molecular weight is 325 g/mol. The molecule has 1 amide bonds. The molecule has 0 radical (unpaired) electrons. The summed E-state index contributed by atoms with van der Waals surface area (Å²) in [5, 5.41) is 4.17. The van der Waals surface area contributed by atoms with E-state index in [4.69, 9.17) is 4.84 Å². The van der Waals surface area contributed by atoms with Gasteiger partial charge in [0.25, 0.3) is 0 Å². The van der Waals surface area contributed by atoms with Crippen LogP contribution in [0.4, 0.5) is 0 Å². The van der Waals surface area contributed by atoms with Crippen LogP contribution in [0.25, 0.3) is 0 Å². The van der Waals surface area contributed by atoms with Crippen molar-refractivity contribution in [2.24, 2.45) is 10.1 Å². The number of amides is 1. The number of carbonyl (C=O) groups excluding carboxylic acids is 1. The first-order chi connectivity index (χ1) is 11.8. The van der Waals surface area contributed by atoms with E-state index >= 15 is 0 Å². The van der Waals surface area contributed by atoms with E-state index in [1.165, 1.54) is 6.11 Å². The fourth-order valence-corrected chi connectivity index (χ4v) is 3.12. The summed E-state index contributed by atoms with van der Waals surface area (Å²) < 4.78 is 10.5. The quantitative estimate of drug-likeness (QED) is 0.610. The molecule has 2 aliphatic heterocycles. The van der Waals surface area contributed by atoms with Crippen LogP contribution in [0.1, 0.15) is 31.2 Å². The fraction of sp³-hybridized carbons (Fsp3) is 0.471. The molecule has 24 heavy (non-hydrogen) atoms. The molecular weight excluding hydrogens is 305 g/mol. The van der Waals surface area contributed by atoms with Crippen LogP contribution in [-0.4, -0.2) is 55.0 Å². The SMILES string of the molecule is O=BC=NC1CCCCN(CC2CC(c3ccccc3)=NO2)C1=O. The van der Waals surface area contributed by atoms with Gasteiger partial charge in [-0.25, -0.2) is 0 Å². The van der Waals surface area contributed by atoms with Gasteiger partial charge in [0.05, 0.1) is 0 Å². The summed E-state index contributed by atoms with van der Waals surface area (Å²) in [7, 11) is 0.614. The molecule has 124 valence electrons. The number of aliphatic imine (C=N–C) groups is 1. The Morgan fingerprint density at radius 2 is 2.17 bits per heavy atom. The molecule has 2 atom stereocenters. The Balaban J connectivity index is 1.60. The van der Waals surface area contributed by atoms with Crippen molar-refractivity contribution in [2.45, 2.75) is 37.8 Å². The van der Waals surface area contributed by atoms with Crippen LogP contribution in [0.5, 0.6) is 0 Å². The second kappa shape index (κ2) is 7.99. The van der Waals surface area contributed by atoms with Gasteiger partial charge in [0.15, 0.2) is 0 Å². The maximum atomic E-state index is 12.6. The van der Waals surface area contributed by atoms with Crippen molar-refractivity contribution in [3.63, 3.8) is 0 Å². The second-order valence-electron chi connectivity index (χ2n) is 6.07. The monoisotopic (exact) mass is 325 g/mol. The van der Waals surface area contributed by atoms with E-state index in [-0.39, 0.29) is 12.0 Å². The van der Waals surface area contributed by atoms with Gasteiger partial charge >= 0.3 is 135 Å². The van der Waals surface area contributed by atoms with Crippen LogP contribution in [0.3, 0.4) is 0 Å². The van der Waals surface area contributed by atoms with E-state index < -0.39 is 6.04 Å². The molecule has 1 fully saturated rings. The van der Waals surface area contributed by atoms with Gasteiger partial charge in [-0.2, -0.15) is 0 Å². The van der Waals surface area contributed by atoms with Crippen LogP contribution in [0, 0.1) is 0 Å². The first kappa shape index (κ1) is 16.5. The molecule has 1 aromatic carbocycles. The normalized spacial score (nSPS) is 24.4. The Morgan fingerprint density at radius 1 is 1.33 bits per heavy atom. The summed E-state index contributed by atoms with van der Waals surface area (Å²) in [4.78, 5) is 24.0. The topological polar surface area (TPSA) is 71.3 Å². The molecule has 2 heterocycles. The standard InChI is InChI=1S/C17H20BN3O3/c22-17-15(19-12-18-23)8-4-5-9-21(17)11-14-10-16(20-24-14)13-6-2-1-3-7-13/h1-3,6-7,12,14-15H,4-5,8-11H2. The predicted octanol–water partition coefficient (Wildman–Crippen LogP) is 1.64. The van der Waals surface area contributed by atoms with Gasteiger partial charge in [-0.05, 0) is 0 Å². The summed E-state index contributed by atoms with van der Waals surface area (Å²) >= 11 is 0. The molecule has 0 saturated carbocycles. The number of benzene rings is 1. The molecule has 1 saturated heterocycles. The van der Waals surface area contributed by atoms with Crippen LogP contribution in [-0.2, 0) is 14.3 Å². The zero-order valence-corrected chi connectivity index (χ0v) is 13.5. The number of nitrogens with zero attached hydrogens (tertiary/aromatic N) is 3. The number of hydrogen-bond acceptors (Lipinski definition) is 5. The van der Waals surface area contributed by atoms with Gasteiger partial charge in [-0.1, -0.05) is 6.07 Å². The summed E-state index contributed by atoms with van der Waals surface area (Å²) in [6.45, 7) is 1.21. The molecule has 2 aliphatic rings. The molecule has 0 N–H and O–H groups in total. The van der Waals surface area contributed by atoms with Crippen molar-refractivity contribution in [1.29, 1.82) is 0 Å². The Morgan fingerprint density at radius 3 is 2.96 bits per heavy atom. The van der Waals surface area contributed by atoms with Gasteiger partial charge in [-0.15, -0.1) is 0 Å². The molecule has 1 aromatic rings. The third-order valence-electron chi connectivity index (χ3n) is 4.34. The molecule has 0 spiro atoms. The van der Waals surface area contributed by atoms with E-state index in [9.17, 15) is 9.50 Å². The van der Waals surface area contributed by atoms with Crippen molar-refractivity contribution in [3.8, 4) is 0 Å². The van der Waals surface area contributed by atoms with Crippen LogP contribution < -0.4 is 0 Å². The number of carbonyl (C=O) groups is 1. The van der Waals surface area contributed by atoms with Gasteiger partial charge in [-0.3, -0.25) is 0 Å². The van der Waals surface area contributed by atoms with Gasteiger partial charge in [0.1, 0.15) is 0 Å². The molecule has 2 unspecified atom stereocenters. The minimum absolute atomic E-state index is 0.0256. The Kier molecular flexibility index (Phi) is 5.51. The van der Waals surface area contributed by atoms with Gasteiger partial charge < -0.3 is 0 Å². The minimum atomic E-state index is -0.450. The fourth-order valence-electron chi connectivity index (χ4n) is 3.12. The average Bonchev–Trinajstić information content (AvgIpc) is 3.01. The number of oxime groups is 1. The van der Waals surface area contributed by atoms with Crippen LogP contribution >= 0.6 is 0 Å². The van der Waals surface area contributed by atoms with E-state index in [1.54, 1.807) is 4.90 Å². The van der Waals surface area contributed by atoms with Crippen molar-refractivity contribution in [3.05, 3.63) is 35.9 Å². The Hall–Kier alpha value is -2.31. The number of rotatable bonds is 5. The van der Waals surface area contributed by atoms with Gasteiger partial charge in [0.2, 0.25) is 0 Å². The van der Waals surface area contributed by atoms with Crippen molar-refractivity contribution < 1.29 is 14.3 Å². The van der Waals surface area contributed by atoms with Crippen molar-refractivity contribution >= 4 is 24.9 Å². The molecule has 3 rings (SSSR count). The zero-order chi connectivity index (χ0) is 16.8. The summed E-state index contributed by atoms with van der Waals surface area (Å²) in [5.41, 5.74) is 1.97.